The van der Waals surface area contributed by atoms with Gasteiger partial charge in [0.05, 0.1) is 0 Å². The van der Waals surface area contributed by atoms with Crippen molar-refractivity contribution < 1.29 is 0 Å². The highest BCUT2D eigenvalue weighted by atomic mass is 35.5. The number of halogens is 1. The summed E-state index contributed by atoms with van der Waals surface area (Å²) >= 11 is 7.80. The highest BCUT2D eigenvalue weighted by Gasteiger charge is 2.08. The fourth-order valence-corrected chi connectivity index (χ4v) is 3.55. The van der Waals surface area contributed by atoms with Gasteiger partial charge < -0.3 is 0 Å². The number of aryl methyl sites for hydroxylation is 1. The summed E-state index contributed by atoms with van der Waals surface area (Å²) in [5.74, 6) is 0. The number of thiophene rings is 1. The molecule has 0 nitrogen and oxygen atoms in total. The van der Waals surface area contributed by atoms with E-state index < -0.39 is 0 Å². The van der Waals surface area contributed by atoms with Crippen LogP contribution in [0.1, 0.15) is 16.0 Å². The van der Waals surface area contributed by atoms with Crippen molar-refractivity contribution in [3.05, 3.63) is 69.6 Å². The van der Waals surface area contributed by atoms with Gasteiger partial charge in [-0.15, -0.1) is 11.3 Å². The number of benzene rings is 2. The molecule has 3 rings (SSSR count). The third kappa shape index (κ3) is 2.16. The van der Waals surface area contributed by atoms with E-state index in [1.807, 2.05) is 23.5 Å². The lowest BCUT2D eigenvalue weighted by Crippen LogP contribution is -1.86. The zero-order valence-corrected chi connectivity index (χ0v) is 11.7. The molecule has 0 aliphatic rings. The third-order valence-electron chi connectivity index (χ3n) is 3.22. The lowest BCUT2D eigenvalue weighted by atomic mass is 10.1. The molecule has 0 saturated carbocycles. The van der Waals surface area contributed by atoms with Gasteiger partial charge in [-0.2, -0.15) is 0 Å². The van der Waals surface area contributed by atoms with Crippen molar-refractivity contribution >= 4 is 33.0 Å². The van der Waals surface area contributed by atoms with Gasteiger partial charge in [0.25, 0.3) is 0 Å². The maximum Gasteiger partial charge on any atom is 0.0406 e. The summed E-state index contributed by atoms with van der Waals surface area (Å²) in [5.41, 5.74) is 2.72. The molecule has 18 heavy (non-hydrogen) atoms. The second kappa shape index (κ2) is 4.75. The molecule has 3 aromatic rings. The Bertz CT molecular complexity index is 680. The van der Waals surface area contributed by atoms with Crippen molar-refractivity contribution in [2.24, 2.45) is 0 Å². The Morgan fingerprint density at radius 3 is 2.44 bits per heavy atom. The smallest absolute Gasteiger partial charge is 0.0406 e. The number of hydrogen-bond donors (Lipinski definition) is 0. The van der Waals surface area contributed by atoms with Gasteiger partial charge in [-0.3, -0.25) is 0 Å². The fourth-order valence-electron chi connectivity index (χ4n) is 2.18. The lowest BCUT2D eigenvalue weighted by molar-refractivity contribution is 1.22. The van der Waals surface area contributed by atoms with E-state index in [1.165, 1.54) is 26.1 Å². The molecule has 0 saturated heterocycles. The van der Waals surface area contributed by atoms with Gasteiger partial charge in [-0.1, -0.05) is 41.9 Å². The first-order valence-electron chi connectivity index (χ1n) is 5.95. The molecule has 2 heteroatoms. The molecule has 2 aromatic carbocycles. The standard InChI is InChI=1S/C16H13ClS/c1-11-14-4-2-3-5-15(14)18-16(11)10-12-6-8-13(17)9-7-12/h2-9H,10H2,1H3. The van der Waals surface area contributed by atoms with Crippen LogP contribution in [0.25, 0.3) is 10.1 Å². The maximum absolute atomic E-state index is 5.91. The molecule has 1 heterocycles. The van der Waals surface area contributed by atoms with Crippen molar-refractivity contribution in [2.75, 3.05) is 0 Å². The first kappa shape index (κ1) is 11.8. The molecule has 0 aliphatic heterocycles. The van der Waals surface area contributed by atoms with Crippen molar-refractivity contribution in [3.63, 3.8) is 0 Å². The number of hydrogen-bond acceptors (Lipinski definition) is 1. The van der Waals surface area contributed by atoms with E-state index in [-0.39, 0.29) is 0 Å². The zero-order chi connectivity index (χ0) is 12.5. The van der Waals surface area contributed by atoms with Crippen LogP contribution in [-0.2, 0) is 6.42 Å². The molecular weight excluding hydrogens is 260 g/mol. The maximum atomic E-state index is 5.91. The van der Waals surface area contributed by atoms with Crippen LogP contribution >= 0.6 is 22.9 Å². The Labute approximate surface area is 116 Å². The Morgan fingerprint density at radius 1 is 1.00 bits per heavy atom. The number of fused-ring (bicyclic) bond motifs is 1. The zero-order valence-electron chi connectivity index (χ0n) is 10.1. The van der Waals surface area contributed by atoms with E-state index in [2.05, 4.69) is 43.3 Å². The summed E-state index contributed by atoms with van der Waals surface area (Å²) in [4.78, 5) is 1.44. The summed E-state index contributed by atoms with van der Waals surface area (Å²) < 4.78 is 1.37. The van der Waals surface area contributed by atoms with Gasteiger partial charge in [0.1, 0.15) is 0 Å². The summed E-state index contributed by atoms with van der Waals surface area (Å²) in [6, 6.07) is 16.7. The highest BCUT2D eigenvalue weighted by Crippen LogP contribution is 2.32. The van der Waals surface area contributed by atoms with Crippen molar-refractivity contribution in [2.45, 2.75) is 13.3 Å². The second-order valence-corrected chi connectivity index (χ2v) is 6.02. The number of rotatable bonds is 2. The minimum absolute atomic E-state index is 0.798. The minimum Gasteiger partial charge on any atom is -0.140 e. The fraction of sp³-hybridized carbons (Fsp3) is 0.125. The van der Waals surface area contributed by atoms with E-state index in [1.54, 1.807) is 0 Å². The van der Waals surface area contributed by atoms with Gasteiger partial charge in [-0.25, -0.2) is 0 Å². The average Bonchev–Trinajstić information content (AvgIpc) is 2.70. The van der Waals surface area contributed by atoms with Crippen molar-refractivity contribution in [3.8, 4) is 0 Å². The molecule has 0 spiro atoms. The second-order valence-electron chi connectivity index (χ2n) is 4.45. The molecule has 0 radical (unpaired) electrons. The highest BCUT2D eigenvalue weighted by molar-refractivity contribution is 7.19. The van der Waals surface area contributed by atoms with Gasteiger partial charge in [0, 0.05) is 21.0 Å². The molecule has 0 N–H and O–H groups in total. The predicted molar refractivity (Wildman–Crippen MR) is 80.8 cm³/mol. The van der Waals surface area contributed by atoms with Crippen LogP contribution in [-0.4, -0.2) is 0 Å². The normalized spacial score (nSPS) is 11.0. The van der Waals surface area contributed by atoms with E-state index in [9.17, 15) is 0 Å². The van der Waals surface area contributed by atoms with Crippen LogP contribution in [0.5, 0.6) is 0 Å². The largest absolute Gasteiger partial charge is 0.140 e. The summed E-state index contributed by atoms with van der Waals surface area (Å²) in [6.07, 6.45) is 0.988. The quantitative estimate of drug-likeness (QED) is 0.582. The minimum atomic E-state index is 0.798. The monoisotopic (exact) mass is 272 g/mol. The van der Waals surface area contributed by atoms with Gasteiger partial charge in [0.2, 0.25) is 0 Å². The predicted octanol–water partition coefficient (Wildman–Crippen LogP) is 5.45. The summed E-state index contributed by atoms with van der Waals surface area (Å²) in [6.45, 7) is 2.21. The average molecular weight is 273 g/mol. The lowest BCUT2D eigenvalue weighted by Gasteiger charge is -2.00. The Morgan fingerprint density at radius 2 is 1.72 bits per heavy atom. The first-order chi connectivity index (χ1) is 8.74. The van der Waals surface area contributed by atoms with Crippen LogP contribution in [0.3, 0.4) is 0 Å². The summed E-state index contributed by atoms with van der Waals surface area (Å²) in [5, 5.41) is 2.18. The third-order valence-corrected chi connectivity index (χ3v) is 4.75. The van der Waals surface area contributed by atoms with Gasteiger partial charge >= 0.3 is 0 Å². The molecule has 1 aromatic heterocycles. The molecule has 0 unspecified atom stereocenters. The van der Waals surface area contributed by atoms with Crippen LogP contribution < -0.4 is 0 Å². The topological polar surface area (TPSA) is 0 Å². The van der Waals surface area contributed by atoms with Crippen LogP contribution in [0.2, 0.25) is 5.02 Å². The Hall–Kier alpha value is -1.31. The van der Waals surface area contributed by atoms with E-state index >= 15 is 0 Å². The molecule has 0 aliphatic carbocycles. The Balaban J connectivity index is 1.99. The Kier molecular flexibility index (Phi) is 3.11. The molecule has 0 atom stereocenters. The molecule has 0 amide bonds. The van der Waals surface area contributed by atoms with Crippen molar-refractivity contribution in [1.29, 1.82) is 0 Å². The van der Waals surface area contributed by atoms with Crippen LogP contribution in [0.4, 0.5) is 0 Å². The summed E-state index contributed by atoms with van der Waals surface area (Å²) in [7, 11) is 0. The van der Waals surface area contributed by atoms with Crippen molar-refractivity contribution in [1.82, 2.24) is 0 Å². The molecule has 0 fully saturated rings. The van der Waals surface area contributed by atoms with Gasteiger partial charge in [0.15, 0.2) is 0 Å². The van der Waals surface area contributed by atoms with Crippen LogP contribution in [0.15, 0.2) is 48.5 Å². The molecule has 90 valence electrons. The first-order valence-corrected chi connectivity index (χ1v) is 7.15. The molecule has 0 bridgehead atoms. The van der Waals surface area contributed by atoms with E-state index in [0.29, 0.717) is 0 Å². The van der Waals surface area contributed by atoms with Gasteiger partial charge in [-0.05, 0) is 41.6 Å². The molecular formula is C16H13ClS. The van der Waals surface area contributed by atoms with E-state index in [4.69, 9.17) is 11.6 Å². The van der Waals surface area contributed by atoms with E-state index in [0.717, 1.165) is 11.4 Å². The SMILES string of the molecule is Cc1c(Cc2ccc(Cl)cc2)sc2ccccc12. The van der Waals surface area contributed by atoms with Crippen LogP contribution in [0, 0.1) is 6.92 Å².